The van der Waals surface area contributed by atoms with E-state index in [2.05, 4.69) is 43.2 Å². The molecule has 76 valence electrons. The van der Waals surface area contributed by atoms with Gasteiger partial charge >= 0.3 is 0 Å². The van der Waals surface area contributed by atoms with Crippen molar-refractivity contribution in [2.75, 3.05) is 5.75 Å². The molecule has 1 aromatic carbocycles. The quantitative estimate of drug-likeness (QED) is 0.338. The maximum absolute atomic E-state index is 5.39. The average molecular weight is 208 g/mol. The Labute approximate surface area is 89.5 Å². The summed E-state index contributed by atoms with van der Waals surface area (Å²) in [6.07, 6.45) is 1.79. The fraction of sp³-hybridized carbons (Fsp3) is 0.273. The number of hydrazine groups is 1. The molecule has 0 aromatic heterocycles. The molecule has 0 aliphatic carbocycles. The maximum Gasteiger partial charge on any atom is 0.0638 e. The van der Waals surface area contributed by atoms with Crippen molar-refractivity contribution in [3.05, 3.63) is 42.5 Å². The van der Waals surface area contributed by atoms with Crippen molar-refractivity contribution in [2.45, 2.75) is 17.9 Å². The first-order chi connectivity index (χ1) is 6.81. The lowest BCUT2D eigenvalue weighted by molar-refractivity contribution is 0.656. The predicted molar refractivity (Wildman–Crippen MR) is 63.1 cm³/mol. The van der Waals surface area contributed by atoms with Gasteiger partial charge in [-0.05, 0) is 23.4 Å². The van der Waals surface area contributed by atoms with Crippen LogP contribution in [0.5, 0.6) is 0 Å². The minimum Gasteiger partial charge on any atom is -0.271 e. The molecule has 0 fully saturated rings. The highest BCUT2D eigenvalue weighted by Gasteiger charge is 2.03. The first-order valence-electron chi connectivity index (χ1n) is 4.63. The van der Waals surface area contributed by atoms with Gasteiger partial charge in [0.2, 0.25) is 0 Å². The molecule has 3 heteroatoms. The number of hydrogen-bond acceptors (Lipinski definition) is 3. The van der Waals surface area contributed by atoms with E-state index in [4.69, 9.17) is 5.84 Å². The van der Waals surface area contributed by atoms with Crippen LogP contribution in [0.15, 0.2) is 41.8 Å². The Kier molecular flexibility index (Phi) is 4.73. The third-order valence-electron chi connectivity index (χ3n) is 1.97. The van der Waals surface area contributed by atoms with E-state index in [-0.39, 0.29) is 6.04 Å². The van der Waals surface area contributed by atoms with Crippen LogP contribution in [0.4, 0.5) is 0 Å². The zero-order valence-corrected chi connectivity index (χ0v) is 9.18. The van der Waals surface area contributed by atoms with Crippen molar-refractivity contribution >= 4 is 11.8 Å². The highest BCUT2D eigenvalue weighted by atomic mass is 32.2. The Bertz CT molecular complexity index is 282. The largest absolute Gasteiger partial charge is 0.271 e. The Morgan fingerprint density at radius 2 is 2.14 bits per heavy atom. The van der Waals surface area contributed by atoms with E-state index in [0.717, 1.165) is 11.3 Å². The smallest absolute Gasteiger partial charge is 0.0638 e. The van der Waals surface area contributed by atoms with Crippen molar-refractivity contribution < 1.29 is 0 Å². The van der Waals surface area contributed by atoms with Crippen LogP contribution in [0.1, 0.15) is 18.5 Å². The average Bonchev–Trinajstić information content (AvgIpc) is 2.23. The van der Waals surface area contributed by atoms with Gasteiger partial charge in [-0.2, -0.15) is 0 Å². The predicted octanol–water partition coefficient (Wildman–Crippen LogP) is 2.49. The van der Waals surface area contributed by atoms with Gasteiger partial charge in [0, 0.05) is 4.90 Å². The van der Waals surface area contributed by atoms with E-state index in [1.54, 1.807) is 6.08 Å². The summed E-state index contributed by atoms with van der Waals surface area (Å²) in [5.74, 6) is 6.48. The summed E-state index contributed by atoms with van der Waals surface area (Å²) in [7, 11) is 0. The lowest BCUT2D eigenvalue weighted by Crippen LogP contribution is -2.26. The molecule has 1 aromatic rings. The number of hydrogen-bond donors (Lipinski definition) is 2. The minimum atomic E-state index is 0.0377. The molecular weight excluding hydrogens is 192 g/mol. The zero-order chi connectivity index (χ0) is 10.4. The van der Waals surface area contributed by atoms with Gasteiger partial charge in [0.1, 0.15) is 0 Å². The lowest BCUT2D eigenvalue weighted by Gasteiger charge is -2.11. The second-order valence-corrected chi connectivity index (χ2v) is 4.22. The summed E-state index contributed by atoms with van der Waals surface area (Å²) < 4.78 is 0. The Morgan fingerprint density at radius 1 is 1.50 bits per heavy atom. The minimum absolute atomic E-state index is 0.0377. The number of thioether (sulfide) groups is 1. The summed E-state index contributed by atoms with van der Waals surface area (Å²) in [6.45, 7) is 5.86. The first-order valence-corrected chi connectivity index (χ1v) is 5.61. The van der Waals surface area contributed by atoms with Crippen molar-refractivity contribution in [2.24, 2.45) is 5.84 Å². The van der Waals surface area contributed by atoms with E-state index >= 15 is 0 Å². The van der Waals surface area contributed by atoms with Crippen LogP contribution < -0.4 is 11.3 Å². The number of nitrogens with two attached hydrogens (primary N) is 1. The van der Waals surface area contributed by atoms with Crippen LogP contribution in [0.2, 0.25) is 0 Å². The molecule has 0 bridgehead atoms. The number of nitrogens with one attached hydrogen (secondary N) is 1. The topological polar surface area (TPSA) is 38.0 Å². The molecule has 0 heterocycles. The van der Waals surface area contributed by atoms with Crippen LogP contribution in [0.3, 0.4) is 0 Å². The van der Waals surface area contributed by atoms with Gasteiger partial charge in [0.05, 0.1) is 6.04 Å². The molecular formula is C11H16N2S. The van der Waals surface area contributed by atoms with E-state index < -0.39 is 0 Å². The molecule has 0 saturated heterocycles. The monoisotopic (exact) mass is 208 g/mol. The fourth-order valence-corrected chi connectivity index (χ4v) is 1.90. The highest BCUT2D eigenvalue weighted by Crippen LogP contribution is 2.20. The van der Waals surface area contributed by atoms with Crippen LogP contribution in [0, 0.1) is 0 Å². The molecule has 2 nitrogen and oxygen atoms in total. The van der Waals surface area contributed by atoms with Gasteiger partial charge < -0.3 is 0 Å². The first kappa shape index (κ1) is 11.3. The molecule has 0 spiro atoms. The second-order valence-electron chi connectivity index (χ2n) is 2.88. The summed E-state index contributed by atoms with van der Waals surface area (Å²) >= 11 is 1.83. The molecule has 3 N–H and O–H groups in total. The second kappa shape index (κ2) is 5.86. The third-order valence-corrected chi connectivity index (χ3v) is 2.86. The van der Waals surface area contributed by atoms with E-state index in [1.807, 2.05) is 11.8 Å². The van der Waals surface area contributed by atoms with E-state index in [1.165, 1.54) is 4.90 Å². The molecule has 0 radical (unpaired) electrons. The summed E-state index contributed by atoms with van der Waals surface area (Å²) in [5, 5.41) is 0. The van der Waals surface area contributed by atoms with Crippen molar-refractivity contribution in [1.82, 2.24) is 5.43 Å². The van der Waals surface area contributed by atoms with Gasteiger partial charge in [-0.25, -0.2) is 5.43 Å². The number of rotatable bonds is 5. The SMILES string of the molecule is C=CC(NN)c1ccc(SCC)cc1. The van der Waals surface area contributed by atoms with Crippen LogP contribution in [-0.2, 0) is 0 Å². The molecule has 1 rings (SSSR count). The van der Waals surface area contributed by atoms with Gasteiger partial charge in [-0.1, -0.05) is 25.1 Å². The zero-order valence-electron chi connectivity index (χ0n) is 8.36. The van der Waals surface area contributed by atoms with Crippen molar-refractivity contribution in [3.63, 3.8) is 0 Å². The van der Waals surface area contributed by atoms with Crippen LogP contribution >= 0.6 is 11.8 Å². The van der Waals surface area contributed by atoms with Crippen LogP contribution in [-0.4, -0.2) is 5.75 Å². The van der Waals surface area contributed by atoms with Crippen molar-refractivity contribution in [3.8, 4) is 0 Å². The van der Waals surface area contributed by atoms with E-state index in [0.29, 0.717) is 0 Å². The standard InChI is InChI=1S/C11H16N2S/c1-3-11(13-12)9-5-7-10(8-6-9)14-4-2/h3,5-8,11,13H,1,4,12H2,2H3. The normalized spacial score (nSPS) is 12.4. The fourth-order valence-electron chi connectivity index (χ4n) is 1.24. The molecule has 14 heavy (non-hydrogen) atoms. The molecule has 0 amide bonds. The Balaban J connectivity index is 2.76. The van der Waals surface area contributed by atoms with Crippen LogP contribution in [0.25, 0.3) is 0 Å². The van der Waals surface area contributed by atoms with Crippen molar-refractivity contribution in [1.29, 1.82) is 0 Å². The summed E-state index contributed by atoms with van der Waals surface area (Å²) in [6, 6.07) is 8.40. The highest BCUT2D eigenvalue weighted by molar-refractivity contribution is 7.99. The number of benzene rings is 1. The van der Waals surface area contributed by atoms with E-state index in [9.17, 15) is 0 Å². The molecule has 1 unspecified atom stereocenters. The summed E-state index contributed by atoms with van der Waals surface area (Å²) in [4.78, 5) is 1.29. The molecule has 0 saturated carbocycles. The van der Waals surface area contributed by atoms with Gasteiger partial charge in [0.25, 0.3) is 0 Å². The van der Waals surface area contributed by atoms with Gasteiger partial charge in [0.15, 0.2) is 0 Å². The Morgan fingerprint density at radius 3 is 2.57 bits per heavy atom. The molecule has 0 aliphatic rings. The third kappa shape index (κ3) is 2.87. The Hall–Kier alpha value is -0.770. The van der Waals surface area contributed by atoms with Gasteiger partial charge in [-0.3, -0.25) is 5.84 Å². The summed E-state index contributed by atoms with van der Waals surface area (Å²) in [5.41, 5.74) is 3.84. The maximum atomic E-state index is 5.39. The molecule has 0 aliphatic heterocycles. The molecule has 1 atom stereocenters. The van der Waals surface area contributed by atoms with Gasteiger partial charge in [-0.15, -0.1) is 18.3 Å². The lowest BCUT2D eigenvalue weighted by atomic mass is 10.1.